The molecule has 2 aromatic rings. The van der Waals surface area contributed by atoms with E-state index in [9.17, 15) is 17.6 Å². The molecule has 0 aromatic heterocycles. The first-order valence-corrected chi connectivity index (χ1v) is 12.8. The Morgan fingerprint density at radius 1 is 1.15 bits per heavy atom. The lowest BCUT2D eigenvalue weighted by Crippen LogP contribution is -2.53. The second-order valence-electron chi connectivity index (χ2n) is 9.22. The highest BCUT2D eigenvalue weighted by Gasteiger charge is 2.58. The van der Waals surface area contributed by atoms with Crippen molar-refractivity contribution in [3.63, 3.8) is 0 Å². The number of fused-ring (bicyclic) bond motifs is 5. The standard InChI is InChI=1S/C24H27F2N3O4S/c1-28-11-12-33-21-8-3-2-7-18(21)17-6-4-5-16(13-17)14-20-22(19(25)15-29(20)23(28)30)27-34(31,32)24(26)9-10-24/h2-8,13,19-20,22,27H,9-12,14-15H2,1H3. The van der Waals surface area contributed by atoms with Crippen molar-refractivity contribution < 1.29 is 26.7 Å². The van der Waals surface area contributed by atoms with Gasteiger partial charge in [-0.3, -0.25) is 0 Å². The lowest BCUT2D eigenvalue weighted by Gasteiger charge is -2.31. The Morgan fingerprint density at radius 3 is 2.68 bits per heavy atom. The van der Waals surface area contributed by atoms with Gasteiger partial charge in [0, 0.05) is 25.5 Å². The largest absolute Gasteiger partial charge is 0.491 e. The molecule has 2 bridgehead atoms. The molecule has 2 fully saturated rings. The normalized spacial score (nSPS) is 26.4. The molecule has 2 amide bonds. The molecule has 3 aliphatic rings. The van der Waals surface area contributed by atoms with Crippen molar-refractivity contribution in [2.24, 2.45) is 0 Å². The Balaban J connectivity index is 1.54. The summed E-state index contributed by atoms with van der Waals surface area (Å²) in [4.78, 5) is 16.0. The molecule has 2 heterocycles. The quantitative estimate of drug-likeness (QED) is 0.716. The Bertz CT molecular complexity index is 1200. The van der Waals surface area contributed by atoms with Crippen molar-refractivity contribution in [3.8, 4) is 16.9 Å². The van der Waals surface area contributed by atoms with Crippen LogP contribution in [0.4, 0.5) is 13.6 Å². The molecule has 5 rings (SSSR count). The summed E-state index contributed by atoms with van der Waals surface area (Å²) in [5, 5.41) is -2.36. The lowest BCUT2D eigenvalue weighted by atomic mass is 9.96. The maximum absolute atomic E-state index is 15.2. The topological polar surface area (TPSA) is 79.0 Å². The molecule has 182 valence electrons. The zero-order valence-corrected chi connectivity index (χ0v) is 19.6. The van der Waals surface area contributed by atoms with Gasteiger partial charge in [0.25, 0.3) is 0 Å². The lowest BCUT2D eigenvalue weighted by molar-refractivity contribution is 0.146. The SMILES string of the molecule is CN1CCOc2ccccc2-c2cccc(c2)CC2C(NS(=O)(=O)C3(F)CC3)C(F)CN2C1=O. The molecular weight excluding hydrogens is 464 g/mol. The van der Waals surface area contributed by atoms with Gasteiger partial charge in [0.15, 0.2) is 0 Å². The highest BCUT2D eigenvalue weighted by Crippen LogP contribution is 2.45. The van der Waals surface area contributed by atoms with Gasteiger partial charge in [-0.05, 0) is 23.6 Å². The number of amides is 2. The number of nitrogens with one attached hydrogen (secondary N) is 1. The van der Waals surface area contributed by atoms with E-state index in [4.69, 9.17) is 4.74 Å². The number of urea groups is 1. The molecule has 1 saturated carbocycles. The van der Waals surface area contributed by atoms with Crippen LogP contribution in [0.5, 0.6) is 5.75 Å². The fraction of sp³-hybridized carbons (Fsp3) is 0.458. The van der Waals surface area contributed by atoms with Crippen molar-refractivity contribution in [3.05, 3.63) is 54.1 Å². The molecule has 1 saturated heterocycles. The van der Waals surface area contributed by atoms with Crippen molar-refractivity contribution in [1.29, 1.82) is 0 Å². The number of likely N-dealkylation sites (N-methyl/N-ethyl adjacent to an activating group) is 1. The summed E-state index contributed by atoms with van der Waals surface area (Å²) in [6.45, 7) is 0.215. The van der Waals surface area contributed by atoms with E-state index in [2.05, 4.69) is 4.72 Å². The van der Waals surface area contributed by atoms with Crippen LogP contribution in [0.1, 0.15) is 18.4 Å². The monoisotopic (exact) mass is 491 g/mol. The van der Waals surface area contributed by atoms with Crippen LogP contribution in [0, 0.1) is 0 Å². The van der Waals surface area contributed by atoms with Gasteiger partial charge in [-0.1, -0.05) is 42.5 Å². The third-order valence-corrected chi connectivity index (χ3v) is 8.77. The predicted octanol–water partition coefficient (Wildman–Crippen LogP) is 3.11. The maximum Gasteiger partial charge on any atom is 0.320 e. The third kappa shape index (κ3) is 4.13. The van der Waals surface area contributed by atoms with E-state index in [0.29, 0.717) is 5.75 Å². The van der Waals surface area contributed by atoms with E-state index in [-0.39, 0.29) is 39.0 Å². The molecule has 1 N–H and O–H groups in total. The van der Waals surface area contributed by atoms with Gasteiger partial charge in [0.1, 0.15) is 18.5 Å². The predicted molar refractivity (Wildman–Crippen MR) is 123 cm³/mol. The van der Waals surface area contributed by atoms with E-state index >= 15 is 4.39 Å². The van der Waals surface area contributed by atoms with Gasteiger partial charge in [-0.25, -0.2) is 26.7 Å². The van der Waals surface area contributed by atoms with E-state index < -0.39 is 39.3 Å². The van der Waals surface area contributed by atoms with Gasteiger partial charge in [0.2, 0.25) is 15.0 Å². The van der Waals surface area contributed by atoms with Crippen LogP contribution in [0.3, 0.4) is 0 Å². The summed E-state index contributed by atoms with van der Waals surface area (Å²) in [5.41, 5.74) is 2.58. The van der Waals surface area contributed by atoms with Gasteiger partial charge >= 0.3 is 6.03 Å². The number of sulfonamides is 1. The number of alkyl halides is 2. The molecule has 34 heavy (non-hydrogen) atoms. The molecule has 7 nitrogen and oxygen atoms in total. The number of carbonyl (C=O) groups is 1. The summed E-state index contributed by atoms with van der Waals surface area (Å²) in [7, 11) is -2.78. The van der Waals surface area contributed by atoms with Gasteiger partial charge in [-0.15, -0.1) is 0 Å². The smallest absolute Gasteiger partial charge is 0.320 e. The fourth-order valence-corrected chi connectivity index (χ4v) is 6.19. The summed E-state index contributed by atoms with van der Waals surface area (Å²) in [5.74, 6) is 0.687. The Labute approximate surface area is 197 Å². The number of nitrogens with zero attached hydrogens (tertiary/aromatic N) is 2. The Hall–Kier alpha value is -2.72. The van der Waals surface area contributed by atoms with E-state index in [1.165, 1.54) is 9.80 Å². The van der Waals surface area contributed by atoms with E-state index in [1.54, 1.807) is 7.05 Å². The minimum atomic E-state index is -4.38. The number of para-hydroxylation sites is 1. The van der Waals surface area contributed by atoms with E-state index in [1.807, 2.05) is 48.5 Å². The highest BCUT2D eigenvalue weighted by molar-refractivity contribution is 7.91. The molecular formula is C24H27F2N3O4S. The molecule has 2 aliphatic heterocycles. The van der Waals surface area contributed by atoms with Gasteiger partial charge in [0.05, 0.1) is 25.2 Å². The zero-order valence-electron chi connectivity index (χ0n) is 18.8. The van der Waals surface area contributed by atoms with Gasteiger partial charge in [-0.2, -0.15) is 0 Å². The summed E-state index contributed by atoms with van der Waals surface area (Å²) >= 11 is 0. The van der Waals surface area contributed by atoms with Crippen molar-refractivity contribution >= 4 is 16.1 Å². The van der Waals surface area contributed by atoms with Crippen LogP contribution in [-0.4, -0.2) is 74.2 Å². The maximum atomic E-state index is 15.2. The average molecular weight is 492 g/mol. The molecule has 3 atom stereocenters. The molecule has 3 unspecified atom stereocenters. The summed E-state index contributed by atoms with van der Waals surface area (Å²) in [6, 6.07) is 12.7. The van der Waals surface area contributed by atoms with Crippen LogP contribution in [0.15, 0.2) is 48.5 Å². The van der Waals surface area contributed by atoms with Crippen molar-refractivity contribution in [2.75, 3.05) is 26.7 Å². The zero-order chi connectivity index (χ0) is 24.1. The highest BCUT2D eigenvalue weighted by atomic mass is 32.2. The molecule has 0 spiro atoms. The van der Waals surface area contributed by atoms with Crippen LogP contribution < -0.4 is 9.46 Å². The van der Waals surface area contributed by atoms with Crippen LogP contribution >= 0.6 is 0 Å². The fourth-order valence-electron chi connectivity index (χ4n) is 4.68. The van der Waals surface area contributed by atoms with E-state index in [0.717, 1.165) is 16.7 Å². The Kier molecular flexibility index (Phi) is 5.76. The minimum Gasteiger partial charge on any atom is -0.491 e. The number of hydrogen-bond donors (Lipinski definition) is 1. The summed E-state index contributed by atoms with van der Waals surface area (Å²) in [6.07, 6.45) is -1.66. The Morgan fingerprint density at radius 2 is 1.91 bits per heavy atom. The van der Waals surface area contributed by atoms with Gasteiger partial charge < -0.3 is 14.5 Å². The molecule has 1 aliphatic carbocycles. The second kappa shape index (κ2) is 8.49. The number of carbonyl (C=O) groups excluding carboxylic acids is 1. The van der Waals surface area contributed by atoms with Crippen LogP contribution in [-0.2, 0) is 16.4 Å². The first-order chi connectivity index (χ1) is 16.2. The first kappa shape index (κ1) is 23.0. The third-order valence-electron chi connectivity index (χ3n) is 6.82. The first-order valence-electron chi connectivity index (χ1n) is 11.4. The van der Waals surface area contributed by atoms with Crippen LogP contribution in [0.25, 0.3) is 11.1 Å². The molecule has 0 radical (unpaired) electrons. The summed E-state index contributed by atoms with van der Waals surface area (Å²) < 4.78 is 63.1. The molecule has 2 aromatic carbocycles. The van der Waals surface area contributed by atoms with Crippen molar-refractivity contribution in [2.45, 2.75) is 42.5 Å². The van der Waals surface area contributed by atoms with Crippen molar-refractivity contribution in [1.82, 2.24) is 14.5 Å². The molecule has 10 heteroatoms. The number of benzene rings is 2. The number of halogens is 2. The van der Waals surface area contributed by atoms with Crippen LogP contribution in [0.2, 0.25) is 0 Å². The minimum absolute atomic E-state index is 0.108. The average Bonchev–Trinajstić information content (AvgIpc) is 3.52. The number of hydrogen-bond acceptors (Lipinski definition) is 4. The number of ether oxygens (including phenoxy) is 1. The number of rotatable bonds is 3. The second-order valence-corrected chi connectivity index (χ2v) is 11.2.